The quantitative estimate of drug-likeness (QED) is 0.479. The lowest BCUT2D eigenvalue weighted by Crippen LogP contribution is -2.22. The van der Waals surface area contributed by atoms with Gasteiger partial charge in [0, 0.05) is 5.69 Å². The van der Waals surface area contributed by atoms with Crippen molar-refractivity contribution in [3.63, 3.8) is 0 Å². The van der Waals surface area contributed by atoms with Gasteiger partial charge in [0.2, 0.25) is 0 Å². The third-order valence-corrected chi connectivity index (χ3v) is 2.78. The summed E-state index contributed by atoms with van der Waals surface area (Å²) < 4.78 is 4.85. The summed E-state index contributed by atoms with van der Waals surface area (Å²) in [6, 6.07) is 6.87. The second kappa shape index (κ2) is 6.51. The molecule has 1 aliphatic heterocycles. The van der Waals surface area contributed by atoms with Crippen molar-refractivity contribution in [2.24, 2.45) is 15.9 Å². The van der Waals surface area contributed by atoms with Gasteiger partial charge in [-0.2, -0.15) is 5.10 Å². The lowest BCUT2D eigenvalue weighted by atomic mass is 10.2. The van der Waals surface area contributed by atoms with E-state index in [1.54, 1.807) is 24.3 Å². The van der Waals surface area contributed by atoms with Gasteiger partial charge in [-0.3, -0.25) is 14.7 Å². The Balaban J connectivity index is 2.05. The van der Waals surface area contributed by atoms with E-state index in [0.717, 1.165) is 5.69 Å². The summed E-state index contributed by atoms with van der Waals surface area (Å²) in [6.45, 7) is 0.897. The highest BCUT2D eigenvalue weighted by Crippen LogP contribution is 2.22. The molecule has 0 aromatic heterocycles. The van der Waals surface area contributed by atoms with E-state index in [-0.39, 0.29) is 18.2 Å². The van der Waals surface area contributed by atoms with Crippen molar-refractivity contribution in [3.05, 3.63) is 24.3 Å². The first-order valence-corrected chi connectivity index (χ1v) is 6.17. The Hall–Kier alpha value is -2.90. The van der Waals surface area contributed by atoms with Crippen LogP contribution in [0.1, 0.15) is 6.42 Å². The molecule has 1 amide bonds. The Morgan fingerprint density at radius 1 is 1.43 bits per heavy atom. The molecule has 1 aromatic carbocycles. The number of aliphatic carboxylic acids is 1. The first kappa shape index (κ1) is 14.5. The maximum atomic E-state index is 11.4. The van der Waals surface area contributed by atoms with Crippen molar-refractivity contribution in [2.75, 3.05) is 18.1 Å². The van der Waals surface area contributed by atoms with Crippen LogP contribution in [0.2, 0.25) is 0 Å². The number of benzene rings is 1. The number of carboxylic acids is 1. The molecule has 21 heavy (non-hydrogen) atoms. The lowest BCUT2D eigenvalue weighted by molar-refractivity contribution is -0.135. The number of carbonyl (C=O) groups is 2. The largest absolute Gasteiger partial charge is 0.481 e. The summed E-state index contributed by atoms with van der Waals surface area (Å²) >= 11 is 0. The molecule has 1 aliphatic rings. The molecule has 3 N–H and O–H groups in total. The molecule has 110 valence electrons. The van der Waals surface area contributed by atoms with Crippen LogP contribution in [0.5, 0.6) is 0 Å². The molecule has 1 aromatic rings. The summed E-state index contributed by atoms with van der Waals surface area (Å²) in [5.74, 6) is 4.05. The fraction of sp³-hybridized carbons (Fsp3) is 0.231. The van der Waals surface area contributed by atoms with Gasteiger partial charge >= 0.3 is 12.1 Å². The zero-order valence-corrected chi connectivity index (χ0v) is 11.1. The number of nitrogens with two attached hydrogens (primary N) is 1. The number of carbonyl (C=O) groups excluding carboxylic acids is 1. The summed E-state index contributed by atoms with van der Waals surface area (Å²) in [6.07, 6.45) is 0.635. The highest BCUT2D eigenvalue weighted by atomic mass is 16.6. The van der Waals surface area contributed by atoms with E-state index >= 15 is 0 Å². The number of ether oxygens (including phenoxy) is 1. The van der Waals surface area contributed by atoms with E-state index in [9.17, 15) is 9.59 Å². The van der Waals surface area contributed by atoms with Crippen molar-refractivity contribution in [1.29, 1.82) is 0 Å². The Bertz CT molecular complexity index is 595. The van der Waals surface area contributed by atoms with E-state index in [1.165, 1.54) is 11.1 Å². The predicted octanol–water partition coefficient (Wildman–Crippen LogP) is 1.13. The summed E-state index contributed by atoms with van der Waals surface area (Å²) in [5, 5.41) is 12.0. The van der Waals surface area contributed by atoms with Gasteiger partial charge in [-0.05, 0) is 24.3 Å². The van der Waals surface area contributed by atoms with Crippen LogP contribution in [-0.2, 0) is 9.53 Å². The molecule has 0 atom stereocenters. The van der Waals surface area contributed by atoms with E-state index in [0.29, 0.717) is 18.8 Å². The monoisotopic (exact) mass is 290 g/mol. The lowest BCUT2D eigenvalue weighted by Gasteiger charge is -2.12. The minimum atomic E-state index is -1.03. The summed E-state index contributed by atoms with van der Waals surface area (Å²) in [5.41, 5.74) is 1.47. The fourth-order valence-corrected chi connectivity index (χ4v) is 1.78. The average molecular weight is 290 g/mol. The standard InChI is InChI=1S/C13H14N4O4/c14-16-10(7-12(18)19)8-15-9-1-3-11(4-2-9)17-5-6-21-13(17)20/h1-4,8H,5-7,14H2,(H,18,19). The van der Waals surface area contributed by atoms with Gasteiger partial charge in [-0.1, -0.05) is 0 Å². The van der Waals surface area contributed by atoms with Crippen LogP contribution < -0.4 is 10.7 Å². The first-order valence-electron chi connectivity index (χ1n) is 6.17. The molecule has 1 heterocycles. The van der Waals surface area contributed by atoms with Gasteiger partial charge < -0.3 is 15.7 Å². The molecule has 8 nitrogen and oxygen atoms in total. The second-order valence-electron chi connectivity index (χ2n) is 4.23. The number of cyclic esters (lactones) is 1. The highest BCUT2D eigenvalue weighted by Gasteiger charge is 2.23. The average Bonchev–Trinajstić information content (AvgIpc) is 2.90. The van der Waals surface area contributed by atoms with Crippen molar-refractivity contribution in [2.45, 2.75) is 6.42 Å². The van der Waals surface area contributed by atoms with Gasteiger partial charge in [0.05, 0.1) is 30.6 Å². The van der Waals surface area contributed by atoms with Crippen LogP contribution in [0, 0.1) is 0 Å². The van der Waals surface area contributed by atoms with Crippen LogP contribution in [0.4, 0.5) is 16.2 Å². The van der Waals surface area contributed by atoms with Gasteiger partial charge in [0.1, 0.15) is 6.61 Å². The Kier molecular flexibility index (Phi) is 4.50. The molecule has 0 radical (unpaired) electrons. The Morgan fingerprint density at radius 2 is 2.14 bits per heavy atom. The fourth-order valence-electron chi connectivity index (χ4n) is 1.78. The number of hydrazone groups is 1. The molecule has 0 unspecified atom stereocenters. The number of aliphatic imine (C=N–C) groups is 1. The number of anilines is 1. The van der Waals surface area contributed by atoms with Crippen LogP contribution in [0.25, 0.3) is 0 Å². The van der Waals surface area contributed by atoms with E-state index in [4.69, 9.17) is 15.7 Å². The van der Waals surface area contributed by atoms with Gasteiger partial charge in [-0.25, -0.2) is 4.79 Å². The Morgan fingerprint density at radius 3 is 2.67 bits per heavy atom. The molecule has 0 bridgehead atoms. The zero-order chi connectivity index (χ0) is 15.2. The van der Waals surface area contributed by atoms with E-state index < -0.39 is 5.97 Å². The smallest absolute Gasteiger partial charge is 0.414 e. The Labute approximate surface area is 120 Å². The van der Waals surface area contributed by atoms with Gasteiger partial charge in [0.15, 0.2) is 0 Å². The van der Waals surface area contributed by atoms with Crippen molar-refractivity contribution < 1.29 is 19.4 Å². The number of amides is 1. The van der Waals surface area contributed by atoms with Gasteiger partial charge in [-0.15, -0.1) is 0 Å². The molecule has 1 saturated heterocycles. The molecule has 2 rings (SSSR count). The van der Waals surface area contributed by atoms with Crippen LogP contribution in [0.3, 0.4) is 0 Å². The molecule has 0 saturated carbocycles. The van der Waals surface area contributed by atoms with Crippen LogP contribution >= 0.6 is 0 Å². The molecule has 0 spiro atoms. The van der Waals surface area contributed by atoms with E-state index in [1.807, 2.05) is 0 Å². The summed E-state index contributed by atoms with van der Waals surface area (Å²) in [4.78, 5) is 27.6. The second-order valence-corrected chi connectivity index (χ2v) is 4.23. The molecular formula is C13H14N4O4. The minimum absolute atomic E-state index is 0.162. The molecule has 0 aliphatic carbocycles. The molecule has 1 fully saturated rings. The maximum Gasteiger partial charge on any atom is 0.414 e. The van der Waals surface area contributed by atoms with Crippen molar-refractivity contribution in [1.82, 2.24) is 0 Å². The number of rotatable bonds is 5. The third-order valence-electron chi connectivity index (χ3n) is 2.78. The number of carboxylic acid groups (broad SMARTS) is 1. The number of hydrogen-bond donors (Lipinski definition) is 2. The summed E-state index contributed by atoms with van der Waals surface area (Å²) in [7, 11) is 0. The SMILES string of the molecule is NN=C(C=Nc1ccc(N2CCOC2=O)cc1)CC(=O)O. The molecule has 8 heteroatoms. The minimum Gasteiger partial charge on any atom is -0.481 e. The molecular weight excluding hydrogens is 276 g/mol. The van der Waals surface area contributed by atoms with Crippen molar-refractivity contribution in [3.8, 4) is 0 Å². The van der Waals surface area contributed by atoms with Crippen LogP contribution in [0.15, 0.2) is 34.4 Å². The zero-order valence-electron chi connectivity index (χ0n) is 11.1. The van der Waals surface area contributed by atoms with E-state index in [2.05, 4.69) is 10.1 Å². The number of hydrogen-bond acceptors (Lipinski definition) is 6. The topological polar surface area (TPSA) is 118 Å². The van der Waals surface area contributed by atoms with Crippen molar-refractivity contribution >= 4 is 35.4 Å². The maximum absolute atomic E-state index is 11.4. The first-order chi connectivity index (χ1) is 10.1. The normalized spacial score (nSPS) is 15.5. The van der Waals surface area contributed by atoms with Crippen LogP contribution in [-0.4, -0.2) is 42.2 Å². The number of nitrogens with zero attached hydrogens (tertiary/aromatic N) is 3. The van der Waals surface area contributed by atoms with Gasteiger partial charge in [0.25, 0.3) is 0 Å². The highest BCUT2D eigenvalue weighted by molar-refractivity contribution is 6.34. The third kappa shape index (κ3) is 3.78. The predicted molar refractivity (Wildman–Crippen MR) is 77.2 cm³/mol.